The van der Waals surface area contributed by atoms with E-state index in [2.05, 4.69) is 27.7 Å². The summed E-state index contributed by atoms with van der Waals surface area (Å²) >= 11 is 0. The summed E-state index contributed by atoms with van der Waals surface area (Å²) in [7, 11) is 0. The molecule has 0 aromatic rings. The highest BCUT2D eigenvalue weighted by Crippen LogP contribution is 2.06. The molecule has 0 fully saturated rings. The third-order valence-electron chi connectivity index (χ3n) is 1.65. The van der Waals surface area contributed by atoms with Gasteiger partial charge in [-0.05, 0) is 18.8 Å². The zero-order valence-electron chi connectivity index (χ0n) is 9.51. The summed E-state index contributed by atoms with van der Waals surface area (Å²) < 4.78 is 11.2. The summed E-state index contributed by atoms with van der Waals surface area (Å²) in [4.78, 5) is 0. The Labute approximate surface area is 82.6 Å². The summed E-state index contributed by atoms with van der Waals surface area (Å²) in [5.74, 6) is 0.588. The molecule has 0 aliphatic heterocycles. The van der Waals surface area contributed by atoms with Crippen LogP contribution in [0.4, 0.5) is 0 Å². The van der Waals surface area contributed by atoms with Crippen LogP contribution >= 0.6 is 0 Å². The van der Waals surface area contributed by atoms with Gasteiger partial charge in [-0.2, -0.15) is 0 Å². The molecule has 13 heavy (non-hydrogen) atoms. The highest BCUT2D eigenvalue weighted by atomic mass is 16.7. The quantitative estimate of drug-likeness (QED) is 0.544. The topological polar surface area (TPSA) is 18.5 Å². The molecule has 0 saturated carbocycles. The molecule has 1 unspecified atom stereocenters. The fourth-order valence-corrected chi connectivity index (χ4v) is 1.000. The van der Waals surface area contributed by atoms with Crippen LogP contribution in [0, 0.1) is 5.92 Å². The van der Waals surface area contributed by atoms with Gasteiger partial charge < -0.3 is 9.47 Å². The second-order valence-electron chi connectivity index (χ2n) is 3.82. The molecule has 0 bridgehead atoms. The third kappa shape index (κ3) is 8.26. The average molecular weight is 188 g/mol. The van der Waals surface area contributed by atoms with Crippen molar-refractivity contribution in [3.8, 4) is 0 Å². The van der Waals surface area contributed by atoms with Gasteiger partial charge in [-0.25, -0.2) is 0 Å². The molecule has 0 radical (unpaired) electrons. The molecular formula is C11H24O2. The van der Waals surface area contributed by atoms with E-state index in [0.29, 0.717) is 5.92 Å². The molecule has 0 aliphatic carbocycles. The maximum atomic E-state index is 5.62. The van der Waals surface area contributed by atoms with Crippen LogP contribution in [0.1, 0.15) is 47.0 Å². The van der Waals surface area contributed by atoms with Gasteiger partial charge >= 0.3 is 0 Å². The van der Waals surface area contributed by atoms with Crippen LogP contribution in [0.3, 0.4) is 0 Å². The molecule has 1 atom stereocenters. The second-order valence-corrected chi connectivity index (χ2v) is 3.82. The first-order chi connectivity index (χ1) is 6.20. The Balaban J connectivity index is 3.53. The minimum atomic E-state index is 0.0207. The Bertz CT molecular complexity index is 102. The first-order valence-corrected chi connectivity index (χ1v) is 5.43. The third-order valence-corrected chi connectivity index (χ3v) is 1.65. The molecule has 0 spiro atoms. The second kappa shape index (κ2) is 8.52. The number of hydrogen-bond donors (Lipinski definition) is 0. The Morgan fingerprint density at radius 2 is 1.69 bits per heavy atom. The lowest BCUT2D eigenvalue weighted by Gasteiger charge is -2.18. The van der Waals surface area contributed by atoms with Crippen molar-refractivity contribution in [2.75, 3.05) is 13.2 Å². The van der Waals surface area contributed by atoms with Crippen molar-refractivity contribution >= 4 is 0 Å². The lowest BCUT2D eigenvalue weighted by Crippen LogP contribution is -2.20. The average Bonchev–Trinajstić information content (AvgIpc) is 2.09. The van der Waals surface area contributed by atoms with Gasteiger partial charge in [-0.1, -0.05) is 34.1 Å². The van der Waals surface area contributed by atoms with E-state index in [1.54, 1.807) is 0 Å². The molecule has 0 rings (SSSR count). The van der Waals surface area contributed by atoms with Crippen LogP contribution in [-0.4, -0.2) is 19.5 Å². The van der Waals surface area contributed by atoms with E-state index < -0.39 is 0 Å². The fourth-order valence-electron chi connectivity index (χ4n) is 1.000. The predicted octanol–water partition coefficient (Wildman–Crippen LogP) is 3.21. The smallest absolute Gasteiger partial charge is 0.157 e. The molecule has 0 N–H and O–H groups in total. The Hall–Kier alpha value is -0.0800. The molecule has 0 saturated heterocycles. The van der Waals surface area contributed by atoms with E-state index in [4.69, 9.17) is 9.47 Å². The molecule has 2 nitrogen and oxygen atoms in total. The summed E-state index contributed by atoms with van der Waals surface area (Å²) in [5.41, 5.74) is 0. The van der Waals surface area contributed by atoms with E-state index in [9.17, 15) is 0 Å². The molecule has 0 aliphatic rings. The maximum absolute atomic E-state index is 5.62. The van der Waals surface area contributed by atoms with Gasteiger partial charge in [0.2, 0.25) is 0 Å². The van der Waals surface area contributed by atoms with Gasteiger partial charge in [0.1, 0.15) is 0 Å². The molecule has 0 aromatic carbocycles. The highest BCUT2D eigenvalue weighted by molar-refractivity contribution is 4.46. The van der Waals surface area contributed by atoms with Crippen molar-refractivity contribution in [1.29, 1.82) is 0 Å². The lowest BCUT2D eigenvalue weighted by atomic mass is 10.2. The molecule has 0 amide bonds. The van der Waals surface area contributed by atoms with E-state index in [1.807, 2.05) is 0 Å². The van der Waals surface area contributed by atoms with Gasteiger partial charge in [0.05, 0.1) is 6.61 Å². The van der Waals surface area contributed by atoms with E-state index in [1.165, 1.54) is 0 Å². The number of rotatable bonds is 8. The molecule has 2 heteroatoms. The van der Waals surface area contributed by atoms with Crippen molar-refractivity contribution in [3.05, 3.63) is 0 Å². The van der Waals surface area contributed by atoms with Crippen molar-refractivity contribution < 1.29 is 9.47 Å². The Morgan fingerprint density at radius 1 is 1.00 bits per heavy atom. The van der Waals surface area contributed by atoms with E-state index in [0.717, 1.165) is 32.5 Å². The van der Waals surface area contributed by atoms with Gasteiger partial charge in [0.15, 0.2) is 6.29 Å². The first-order valence-electron chi connectivity index (χ1n) is 5.43. The lowest BCUT2D eigenvalue weighted by molar-refractivity contribution is -0.151. The Morgan fingerprint density at radius 3 is 2.15 bits per heavy atom. The first kappa shape index (κ1) is 12.9. The van der Waals surface area contributed by atoms with Crippen LogP contribution in [0.5, 0.6) is 0 Å². The SMILES string of the molecule is CCCOC(CCC)OCC(C)C. The van der Waals surface area contributed by atoms with E-state index >= 15 is 0 Å². The number of ether oxygens (including phenoxy) is 2. The summed E-state index contributed by atoms with van der Waals surface area (Å²) in [5, 5.41) is 0. The van der Waals surface area contributed by atoms with Crippen LogP contribution in [0.25, 0.3) is 0 Å². The minimum Gasteiger partial charge on any atom is -0.353 e. The molecule has 80 valence electrons. The summed E-state index contributed by atoms with van der Waals surface area (Å²) in [6.45, 7) is 10.2. The number of hydrogen-bond acceptors (Lipinski definition) is 2. The van der Waals surface area contributed by atoms with Gasteiger partial charge in [-0.3, -0.25) is 0 Å². The summed E-state index contributed by atoms with van der Waals surface area (Å²) in [6.07, 6.45) is 3.21. The predicted molar refractivity (Wildman–Crippen MR) is 55.7 cm³/mol. The van der Waals surface area contributed by atoms with Gasteiger partial charge in [0, 0.05) is 6.61 Å². The van der Waals surface area contributed by atoms with Crippen LogP contribution in [0.2, 0.25) is 0 Å². The zero-order valence-corrected chi connectivity index (χ0v) is 9.51. The maximum Gasteiger partial charge on any atom is 0.157 e. The standard InChI is InChI=1S/C11H24O2/c1-5-7-11(12-8-6-2)13-9-10(3)4/h10-11H,5-9H2,1-4H3. The largest absolute Gasteiger partial charge is 0.353 e. The molecule has 0 aromatic heterocycles. The van der Waals surface area contributed by atoms with Crippen molar-refractivity contribution in [2.24, 2.45) is 5.92 Å². The molecule has 0 heterocycles. The zero-order chi connectivity index (χ0) is 10.1. The highest BCUT2D eigenvalue weighted by Gasteiger charge is 2.08. The van der Waals surface area contributed by atoms with E-state index in [-0.39, 0.29) is 6.29 Å². The van der Waals surface area contributed by atoms with Gasteiger partial charge in [0.25, 0.3) is 0 Å². The molecular weight excluding hydrogens is 164 g/mol. The van der Waals surface area contributed by atoms with Crippen LogP contribution < -0.4 is 0 Å². The van der Waals surface area contributed by atoms with Crippen LogP contribution in [0.15, 0.2) is 0 Å². The van der Waals surface area contributed by atoms with Crippen LogP contribution in [-0.2, 0) is 9.47 Å². The normalized spacial score (nSPS) is 13.6. The monoisotopic (exact) mass is 188 g/mol. The van der Waals surface area contributed by atoms with Gasteiger partial charge in [-0.15, -0.1) is 0 Å². The minimum absolute atomic E-state index is 0.0207. The fraction of sp³-hybridized carbons (Fsp3) is 1.00. The summed E-state index contributed by atoms with van der Waals surface area (Å²) in [6, 6.07) is 0. The Kier molecular flexibility index (Phi) is 8.46. The van der Waals surface area contributed by atoms with Crippen molar-refractivity contribution in [2.45, 2.75) is 53.2 Å². The van der Waals surface area contributed by atoms with Crippen molar-refractivity contribution in [1.82, 2.24) is 0 Å². The van der Waals surface area contributed by atoms with Crippen molar-refractivity contribution in [3.63, 3.8) is 0 Å².